The third-order valence-corrected chi connectivity index (χ3v) is 5.73. The molecule has 0 spiro atoms. The molecule has 0 unspecified atom stereocenters. The van der Waals surface area contributed by atoms with E-state index in [1.165, 1.54) is 12.1 Å². The van der Waals surface area contributed by atoms with Crippen molar-refractivity contribution in [2.24, 2.45) is 0 Å². The highest BCUT2D eigenvalue weighted by molar-refractivity contribution is 5.92. The van der Waals surface area contributed by atoms with Crippen molar-refractivity contribution in [1.82, 2.24) is 9.97 Å². The van der Waals surface area contributed by atoms with Crippen LogP contribution in [0.4, 0.5) is 36.4 Å². The van der Waals surface area contributed by atoms with E-state index in [9.17, 15) is 23.4 Å². The Morgan fingerprint density at radius 3 is 2.44 bits per heavy atom. The first-order valence-corrected chi connectivity index (χ1v) is 10.5. The number of aliphatic hydroxyl groups is 2. The van der Waals surface area contributed by atoms with Gasteiger partial charge in [-0.3, -0.25) is 0 Å². The van der Waals surface area contributed by atoms with Crippen molar-refractivity contribution in [2.75, 3.05) is 28.6 Å². The molecule has 0 bridgehead atoms. The largest absolute Gasteiger partial charge is 0.416 e. The molecule has 1 saturated carbocycles. The first kappa shape index (κ1) is 22.3. The van der Waals surface area contributed by atoms with Gasteiger partial charge >= 0.3 is 6.18 Å². The Morgan fingerprint density at radius 1 is 1.09 bits per heavy atom. The Hall–Kier alpha value is -2.92. The van der Waals surface area contributed by atoms with Crippen molar-refractivity contribution < 1.29 is 23.4 Å². The monoisotopic (exact) mass is 450 g/mol. The highest BCUT2D eigenvalue weighted by Crippen LogP contribution is 2.34. The van der Waals surface area contributed by atoms with Crippen LogP contribution in [0.5, 0.6) is 0 Å². The van der Waals surface area contributed by atoms with E-state index in [0.717, 1.165) is 18.3 Å². The van der Waals surface area contributed by atoms with Crippen molar-refractivity contribution in [3.63, 3.8) is 0 Å². The molecule has 2 heterocycles. The van der Waals surface area contributed by atoms with Gasteiger partial charge in [-0.15, -0.1) is 0 Å². The number of aliphatic hydroxyl groups excluding tert-OH is 2. The van der Waals surface area contributed by atoms with Crippen LogP contribution in [0, 0.1) is 5.41 Å². The Morgan fingerprint density at radius 2 is 1.81 bits per heavy atom. The summed E-state index contributed by atoms with van der Waals surface area (Å²) in [6, 6.07) is 4.77. The van der Waals surface area contributed by atoms with Gasteiger partial charge in [-0.05, 0) is 43.9 Å². The van der Waals surface area contributed by atoms with Crippen molar-refractivity contribution in [3.8, 4) is 0 Å². The summed E-state index contributed by atoms with van der Waals surface area (Å²) in [5.41, 5.74) is -0.260. The molecule has 1 aromatic carbocycles. The topological polar surface area (TPSA) is 117 Å². The maximum absolute atomic E-state index is 13.1. The summed E-state index contributed by atoms with van der Waals surface area (Å²) < 4.78 is 39.4. The second-order valence-electron chi connectivity index (χ2n) is 8.17. The van der Waals surface area contributed by atoms with Crippen molar-refractivity contribution in [1.29, 1.82) is 5.41 Å². The predicted molar refractivity (Wildman–Crippen MR) is 115 cm³/mol. The number of benzene rings is 1. The van der Waals surface area contributed by atoms with E-state index in [1.54, 1.807) is 0 Å². The molecule has 1 aromatic heterocycles. The zero-order chi connectivity index (χ0) is 22.9. The Bertz CT molecular complexity index is 972. The normalized spacial score (nSPS) is 21.7. The van der Waals surface area contributed by atoms with E-state index in [1.807, 2.05) is 4.90 Å². The van der Waals surface area contributed by atoms with Gasteiger partial charge in [-0.2, -0.15) is 23.1 Å². The number of anilines is 4. The first-order chi connectivity index (χ1) is 15.2. The second-order valence-corrected chi connectivity index (χ2v) is 8.17. The summed E-state index contributed by atoms with van der Waals surface area (Å²) in [4.78, 5) is 10.9. The molecule has 2 aliphatic rings. The molecule has 0 radical (unpaired) electrons. The second kappa shape index (κ2) is 8.91. The van der Waals surface area contributed by atoms with Gasteiger partial charge in [-0.1, -0.05) is 6.07 Å². The zero-order valence-electron chi connectivity index (χ0n) is 17.2. The van der Waals surface area contributed by atoms with Gasteiger partial charge in [0.15, 0.2) is 0 Å². The summed E-state index contributed by atoms with van der Waals surface area (Å²) in [6.45, 7) is 1.06. The molecule has 5 N–H and O–H groups in total. The van der Waals surface area contributed by atoms with E-state index in [2.05, 4.69) is 20.6 Å². The molecule has 1 saturated heterocycles. The van der Waals surface area contributed by atoms with Gasteiger partial charge in [0.05, 0.1) is 23.3 Å². The molecule has 1 aliphatic carbocycles. The molecular weight excluding hydrogens is 425 g/mol. The Balaban J connectivity index is 1.69. The van der Waals surface area contributed by atoms with Gasteiger partial charge in [0.25, 0.3) is 0 Å². The maximum Gasteiger partial charge on any atom is 0.416 e. The van der Waals surface area contributed by atoms with Crippen LogP contribution in [0.3, 0.4) is 0 Å². The minimum atomic E-state index is -4.48. The number of piperidine rings is 1. The van der Waals surface area contributed by atoms with E-state index >= 15 is 0 Å². The summed E-state index contributed by atoms with van der Waals surface area (Å²) in [5.74, 6) is 0.944. The number of hydrogen-bond acceptors (Lipinski definition) is 8. The van der Waals surface area contributed by atoms with Gasteiger partial charge in [-0.25, -0.2) is 0 Å². The highest BCUT2D eigenvalue weighted by Gasteiger charge is 2.31. The number of aromatic nitrogens is 2. The van der Waals surface area contributed by atoms with Crippen LogP contribution in [0.25, 0.3) is 0 Å². The van der Waals surface area contributed by atoms with E-state index < -0.39 is 17.8 Å². The third-order valence-electron chi connectivity index (χ3n) is 5.73. The van der Waals surface area contributed by atoms with E-state index in [-0.39, 0.29) is 29.6 Å². The lowest BCUT2D eigenvalue weighted by molar-refractivity contribution is -0.137. The van der Waals surface area contributed by atoms with Gasteiger partial charge in [0.1, 0.15) is 11.6 Å². The van der Waals surface area contributed by atoms with Crippen LogP contribution in [-0.4, -0.2) is 57.7 Å². The number of alkyl halides is 3. The average molecular weight is 450 g/mol. The lowest BCUT2D eigenvalue weighted by Gasteiger charge is -2.34. The predicted octanol–water partition coefficient (Wildman–Crippen LogP) is 3.13. The fraction of sp³-hybridized carbons (Fsp3) is 0.476. The molecule has 32 heavy (non-hydrogen) atoms. The minimum Gasteiger partial charge on any atom is -0.393 e. The van der Waals surface area contributed by atoms with Gasteiger partial charge in [0, 0.05) is 31.0 Å². The smallest absolute Gasteiger partial charge is 0.393 e. The van der Waals surface area contributed by atoms with Crippen LogP contribution in [0.2, 0.25) is 0 Å². The molecule has 172 valence electrons. The molecule has 0 amide bonds. The van der Waals surface area contributed by atoms with Crippen molar-refractivity contribution >= 4 is 29.5 Å². The molecule has 0 atom stereocenters. The average Bonchev–Trinajstić information content (AvgIpc) is 2.72. The standard InChI is InChI=1S/C21H25F3N6O2/c22-21(23,24)12-2-1-3-13(8-12)26-18-17(11-25)19(30-6-4-15(31)5-7-30)29-20(28-18)27-14-9-16(32)10-14/h1-3,8,11,14-16,25,31-32H,4-7,9-10H2,(H2,26,27,28,29)/t14-,16-. The Kier molecular flexibility index (Phi) is 6.20. The lowest BCUT2D eigenvalue weighted by Crippen LogP contribution is -2.40. The van der Waals surface area contributed by atoms with Crippen LogP contribution >= 0.6 is 0 Å². The van der Waals surface area contributed by atoms with Crippen LogP contribution < -0.4 is 15.5 Å². The number of halogens is 3. The van der Waals surface area contributed by atoms with Crippen molar-refractivity contribution in [2.45, 2.75) is 50.1 Å². The minimum absolute atomic E-state index is 0.00623. The van der Waals surface area contributed by atoms with Gasteiger partial charge < -0.3 is 31.2 Å². The quantitative estimate of drug-likeness (QED) is 0.429. The first-order valence-electron chi connectivity index (χ1n) is 10.5. The summed E-state index contributed by atoms with van der Waals surface area (Å²) in [7, 11) is 0. The van der Waals surface area contributed by atoms with Crippen LogP contribution in [0.15, 0.2) is 24.3 Å². The van der Waals surface area contributed by atoms with Crippen LogP contribution in [-0.2, 0) is 6.18 Å². The number of nitrogens with zero attached hydrogens (tertiary/aromatic N) is 3. The molecular formula is C21H25F3N6O2. The molecule has 1 aliphatic heterocycles. The van der Waals surface area contributed by atoms with E-state index in [0.29, 0.717) is 50.2 Å². The summed E-state index contributed by atoms with van der Waals surface area (Å²) >= 11 is 0. The number of nitrogens with one attached hydrogen (secondary N) is 3. The molecule has 8 nitrogen and oxygen atoms in total. The molecule has 2 aromatic rings. The molecule has 4 rings (SSSR count). The number of rotatable bonds is 6. The fourth-order valence-corrected chi connectivity index (χ4v) is 3.87. The summed E-state index contributed by atoms with van der Waals surface area (Å²) in [6.07, 6.45) is -1.97. The highest BCUT2D eigenvalue weighted by atomic mass is 19.4. The third kappa shape index (κ3) is 4.94. The molecule has 11 heteroatoms. The van der Waals surface area contributed by atoms with Crippen LogP contribution in [0.1, 0.15) is 36.8 Å². The van der Waals surface area contributed by atoms with Crippen molar-refractivity contribution in [3.05, 3.63) is 35.4 Å². The zero-order valence-corrected chi connectivity index (χ0v) is 17.2. The fourth-order valence-electron chi connectivity index (χ4n) is 3.87. The molecule has 2 fully saturated rings. The lowest BCUT2D eigenvalue weighted by atomic mass is 9.90. The number of hydrogen-bond donors (Lipinski definition) is 5. The summed E-state index contributed by atoms with van der Waals surface area (Å²) in [5, 5.41) is 33.4. The SMILES string of the molecule is N=Cc1c(Nc2cccc(C(F)(F)F)c2)nc(N[C@H]2C[C@H](O)C2)nc1N1CCC(O)CC1. The Labute approximate surface area is 183 Å². The van der Waals surface area contributed by atoms with E-state index in [4.69, 9.17) is 5.41 Å². The van der Waals surface area contributed by atoms with Gasteiger partial charge in [0.2, 0.25) is 5.95 Å². The maximum atomic E-state index is 13.1.